The van der Waals surface area contributed by atoms with Crippen LogP contribution in [0.3, 0.4) is 0 Å². The Hall–Kier alpha value is -0.790. The lowest BCUT2D eigenvalue weighted by Crippen LogP contribution is -2.11. The van der Waals surface area contributed by atoms with Crippen molar-refractivity contribution in [1.82, 2.24) is 4.98 Å². The Morgan fingerprint density at radius 1 is 1.62 bits per heavy atom. The Morgan fingerprint density at radius 3 is 3.00 bits per heavy atom. The van der Waals surface area contributed by atoms with E-state index in [1.807, 2.05) is 6.07 Å². The molecule has 1 N–H and O–H groups in total. The Morgan fingerprint density at radius 2 is 2.44 bits per heavy atom. The molecule has 1 fully saturated rings. The second-order valence-corrected chi connectivity index (χ2v) is 5.77. The average molecular weight is 256 g/mol. The number of hydrogen-bond donors (Lipinski definition) is 1. The van der Waals surface area contributed by atoms with Gasteiger partial charge in [0.15, 0.2) is 10.3 Å². The lowest BCUT2D eigenvalue weighted by molar-refractivity contribution is 0.537. The molecular weight excluding hydrogens is 242 g/mol. The van der Waals surface area contributed by atoms with Gasteiger partial charge in [0.1, 0.15) is 10.9 Å². The first-order valence-corrected chi connectivity index (χ1v) is 6.68. The summed E-state index contributed by atoms with van der Waals surface area (Å²) in [6.07, 6.45) is 3.91. The van der Waals surface area contributed by atoms with Crippen LogP contribution in [-0.2, 0) is 0 Å². The fourth-order valence-corrected chi connectivity index (χ4v) is 3.14. The Labute approximate surface area is 104 Å². The first-order valence-electron chi connectivity index (χ1n) is 5.49. The number of anilines is 1. The van der Waals surface area contributed by atoms with Crippen molar-refractivity contribution in [1.29, 1.82) is 5.26 Å². The first-order chi connectivity index (χ1) is 7.69. The summed E-state index contributed by atoms with van der Waals surface area (Å²) in [7, 11) is 0. The SMILES string of the molecule is CC1CCC(CNc2nc(Cl)c(C#N)s2)C1. The molecule has 1 aliphatic carbocycles. The zero-order valence-electron chi connectivity index (χ0n) is 9.16. The fraction of sp³-hybridized carbons (Fsp3) is 0.636. The third-order valence-corrected chi connectivity index (χ3v) is 4.34. The second kappa shape index (κ2) is 5.03. The van der Waals surface area contributed by atoms with Crippen molar-refractivity contribution < 1.29 is 0 Å². The molecule has 1 saturated carbocycles. The van der Waals surface area contributed by atoms with Gasteiger partial charge in [0, 0.05) is 6.54 Å². The molecule has 2 rings (SSSR count). The van der Waals surface area contributed by atoms with E-state index < -0.39 is 0 Å². The molecule has 2 atom stereocenters. The van der Waals surface area contributed by atoms with Crippen molar-refractivity contribution in [2.45, 2.75) is 26.2 Å². The van der Waals surface area contributed by atoms with Crippen LogP contribution in [0.2, 0.25) is 5.15 Å². The predicted molar refractivity (Wildman–Crippen MR) is 66.8 cm³/mol. The molecule has 0 spiro atoms. The summed E-state index contributed by atoms with van der Waals surface area (Å²) in [5, 5.41) is 13.1. The summed E-state index contributed by atoms with van der Waals surface area (Å²) < 4.78 is 0. The quantitative estimate of drug-likeness (QED) is 0.899. The number of nitrogens with one attached hydrogen (secondary N) is 1. The highest BCUT2D eigenvalue weighted by atomic mass is 35.5. The van der Waals surface area contributed by atoms with Crippen molar-refractivity contribution in [3.05, 3.63) is 10.0 Å². The summed E-state index contributed by atoms with van der Waals surface area (Å²) in [6, 6.07) is 2.03. The normalized spacial score (nSPS) is 24.3. The van der Waals surface area contributed by atoms with E-state index in [4.69, 9.17) is 16.9 Å². The minimum Gasteiger partial charge on any atom is -0.361 e. The highest BCUT2D eigenvalue weighted by molar-refractivity contribution is 7.16. The van der Waals surface area contributed by atoms with Gasteiger partial charge in [-0.3, -0.25) is 0 Å². The van der Waals surface area contributed by atoms with Crippen LogP contribution in [0.5, 0.6) is 0 Å². The molecule has 1 aliphatic rings. The molecule has 86 valence electrons. The van der Waals surface area contributed by atoms with Crippen LogP contribution >= 0.6 is 22.9 Å². The van der Waals surface area contributed by atoms with Gasteiger partial charge in [0.2, 0.25) is 0 Å². The molecule has 5 heteroatoms. The van der Waals surface area contributed by atoms with Gasteiger partial charge in [0.25, 0.3) is 0 Å². The summed E-state index contributed by atoms with van der Waals surface area (Å²) >= 11 is 7.13. The van der Waals surface area contributed by atoms with E-state index in [0.29, 0.717) is 10.0 Å². The van der Waals surface area contributed by atoms with Crippen LogP contribution in [0.25, 0.3) is 0 Å². The largest absolute Gasteiger partial charge is 0.361 e. The monoisotopic (exact) mass is 255 g/mol. The summed E-state index contributed by atoms with van der Waals surface area (Å²) in [5.74, 6) is 1.59. The van der Waals surface area contributed by atoms with E-state index in [0.717, 1.165) is 23.5 Å². The maximum Gasteiger partial charge on any atom is 0.185 e. The molecule has 2 unspecified atom stereocenters. The van der Waals surface area contributed by atoms with Crippen molar-refractivity contribution >= 4 is 28.1 Å². The molecule has 1 aromatic rings. The number of halogens is 1. The van der Waals surface area contributed by atoms with E-state index in [2.05, 4.69) is 17.2 Å². The minimum atomic E-state index is 0.315. The van der Waals surface area contributed by atoms with Gasteiger partial charge >= 0.3 is 0 Å². The number of aromatic nitrogens is 1. The Balaban J connectivity index is 1.88. The number of thiazole rings is 1. The smallest absolute Gasteiger partial charge is 0.185 e. The van der Waals surface area contributed by atoms with Crippen LogP contribution in [0.1, 0.15) is 31.1 Å². The predicted octanol–water partition coefficient (Wildman–Crippen LogP) is 3.52. The summed E-state index contributed by atoms with van der Waals surface area (Å²) in [6.45, 7) is 3.24. The van der Waals surface area contributed by atoms with E-state index in [1.165, 1.54) is 30.6 Å². The average Bonchev–Trinajstić information content (AvgIpc) is 2.82. The van der Waals surface area contributed by atoms with Crippen molar-refractivity contribution in [2.24, 2.45) is 11.8 Å². The molecule has 0 bridgehead atoms. The number of nitriles is 1. The topological polar surface area (TPSA) is 48.7 Å². The second-order valence-electron chi connectivity index (χ2n) is 4.42. The molecule has 3 nitrogen and oxygen atoms in total. The van der Waals surface area contributed by atoms with Gasteiger partial charge in [-0.25, -0.2) is 4.98 Å². The molecule has 0 aliphatic heterocycles. The van der Waals surface area contributed by atoms with Crippen molar-refractivity contribution in [2.75, 3.05) is 11.9 Å². The van der Waals surface area contributed by atoms with Gasteiger partial charge in [-0.05, 0) is 24.7 Å². The van der Waals surface area contributed by atoms with Crippen LogP contribution in [0.15, 0.2) is 0 Å². The van der Waals surface area contributed by atoms with Gasteiger partial charge in [-0.2, -0.15) is 5.26 Å². The van der Waals surface area contributed by atoms with Crippen molar-refractivity contribution in [3.63, 3.8) is 0 Å². The third kappa shape index (κ3) is 2.66. The number of rotatable bonds is 3. The fourth-order valence-electron chi connectivity index (χ4n) is 2.19. The molecule has 16 heavy (non-hydrogen) atoms. The zero-order valence-corrected chi connectivity index (χ0v) is 10.7. The summed E-state index contributed by atoms with van der Waals surface area (Å²) in [4.78, 5) is 4.60. The lowest BCUT2D eigenvalue weighted by atomic mass is 10.1. The van der Waals surface area contributed by atoms with E-state index in [9.17, 15) is 0 Å². The maximum absolute atomic E-state index is 8.75. The summed E-state index contributed by atoms with van der Waals surface area (Å²) in [5.41, 5.74) is 0. The molecule has 0 aromatic carbocycles. The molecule has 1 aromatic heterocycles. The molecule has 0 amide bonds. The zero-order chi connectivity index (χ0) is 11.5. The van der Waals surface area contributed by atoms with Gasteiger partial charge in [-0.1, -0.05) is 36.3 Å². The number of hydrogen-bond acceptors (Lipinski definition) is 4. The molecule has 0 saturated heterocycles. The van der Waals surface area contributed by atoms with Gasteiger partial charge in [-0.15, -0.1) is 0 Å². The molecular formula is C11H14ClN3S. The van der Waals surface area contributed by atoms with Crippen LogP contribution in [0, 0.1) is 23.2 Å². The highest BCUT2D eigenvalue weighted by Gasteiger charge is 2.21. The van der Waals surface area contributed by atoms with Crippen LogP contribution < -0.4 is 5.32 Å². The Bertz CT molecular complexity index is 410. The van der Waals surface area contributed by atoms with Crippen LogP contribution in [0.4, 0.5) is 5.13 Å². The number of nitrogens with zero attached hydrogens (tertiary/aromatic N) is 2. The van der Waals surface area contributed by atoms with E-state index in [-0.39, 0.29) is 0 Å². The van der Waals surface area contributed by atoms with E-state index >= 15 is 0 Å². The van der Waals surface area contributed by atoms with Crippen molar-refractivity contribution in [3.8, 4) is 6.07 Å². The third-order valence-electron chi connectivity index (χ3n) is 3.03. The minimum absolute atomic E-state index is 0.315. The maximum atomic E-state index is 8.75. The standard InChI is InChI=1S/C11H14ClN3S/c1-7-2-3-8(4-7)6-14-11-15-10(12)9(5-13)16-11/h7-8H,2-4,6H2,1H3,(H,14,15). The first kappa shape index (κ1) is 11.7. The van der Waals surface area contributed by atoms with Gasteiger partial charge < -0.3 is 5.32 Å². The molecule has 0 radical (unpaired) electrons. The Kier molecular flexibility index (Phi) is 3.67. The highest BCUT2D eigenvalue weighted by Crippen LogP contribution is 2.31. The molecule has 1 heterocycles. The van der Waals surface area contributed by atoms with Gasteiger partial charge in [0.05, 0.1) is 0 Å². The lowest BCUT2D eigenvalue weighted by Gasteiger charge is -2.09. The van der Waals surface area contributed by atoms with Crippen LogP contribution in [-0.4, -0.2) is 11.5 Å². The van der Waals surface area contributed by atoms with E-state index in [1.54, 1.807) is 0 Å².